The van der Waals surface area contributed by atoms with Crippen LogP contribution < -0.4 is 15.8 Å². The molecule has 0 saturated carbocycles. The fourth-order valence-corrected chi connectivity index (χ4v) is 10.2. The number of hydrogen-bond donors (Lipinski definition) is 0. The Morgan fingerprint density at radius 2 is 0.815 bits per heavy atom. The van der Waals surface area contributed by atoms with Gasteiger partial charge in [0.2, 0.25) is 0 Å². The van der Waals surface area contributed by atoms with E-state index in [1.807, 2.05) is 19.1 Å². The Hall–Kier alpha value is -2.52. The van der Waals surface area contributed by atoms with Gasteiger partial charge in [0, 0.05) is 0 Å². The van der Waals surface area contributed by atoms with Gasteiger partial charge in [-0.3, -0.25) is 0 Å². The van der Waals surface area contributed by atoms with Crippen molar-refractivity contribution >= 4 is 30.5 Å². The first-order valence-electron chi connectivity index (χ1n) is 9.01. The molecule has 0 amide bonds. The molecule has 27 heavy (non-hydrogen) atoms. The number of hydrogen-bond acceptors (Lipinski definition) is 1. The molecule has 0 fully saturated rings. The van der Waals surface area contributed by atoms with E-state index in [2.05, 4.69) is 91.0 Å². The van der Waals surface area contributed by atoms with Gasteiger partial charge in [0.05, 0.1) is 0 Å². The van der Waals surface area contributed by atoms with Crippen molar-refractivity contribution < 1.29 is 5.11 Å². The second-order valence-electron chi connectivity index (χ2n) is 6.29. The van der Waals surface area contributed by atoms with Crippen LogP contribution in [0.3, 0.4) is 0 Å². The van der Waals surface area contributed by atoms with Gasteiger partial charge in [0.25, 0.3) is 0 Å². The van der Waals surface area contributed by atoms with Gasteiger partial charge >= 0.3 is 121 Å². The Morgan fingerprint density at radius 1 is 0.481 bits per heavy atom. The third kappa shape index (κ3) is 5.73. The standard InChI is InChI=1S/C7H8O.3C6H5.Sn/c1-6-2-4-7(8)5-3-6;3*1-2-4-6-5-3-1;/h2-5,8H,1H3;3*1-5H;/q;;;;+1/p-1. The molecule has 0 atom stereocenters. The van der Waals surface area contributed by atoms with Crippen LogP contribution in [-0.2, 0) is 0 Å². The summed E-state index contributed by atoms with van der Waals surface area (Å²) in [5.74, 6) is 0.0793. The predicted octanol–water partition coefficient (Wildman–Crippen LogP) is 3.27. The Kier molecular flexibility index (Phi) is 7.11. The molecule has 0 saturated heterocycles. The van der Waals surface area contributed by atoms with Crippen LogP contribution >= 0.6 is 0 Å². The third-order valence-corrected chi connectivity index (χ3v) is 12.0. The van der Waals surface area contributed by atoms with Crippen LogP contribution in [0, 0.1) is 6.92 Å². The molecule has 4 rings (SSSR count). The third-order valence-electron chi connectivity index (χ3n) is 4.21. The van der Waals surface area contributed by atoms with Crippen molar-refractivity contribution in [2.75, 3.05) is 0 Å². The van der Waals surface area contributed by atoms with Gasteiger partial charge in [-0.1, -0.05) is 29.8 Å². The van der Waals surface area contributed by atoms with E-state index in [1.165, 1.54) is 10.7 Å². The zero-order chi connectivity index (χ0) is 18.9. The molecule has 0 aromatic heterocycles. The molecular formula is C25H22OSn. The van der Waals surface area contributed by atoms with E-state index in [1.54, 1.807) is 12.1 Å². The molecule has 0 N–H and O–H groups in total. The summed E-state index contributed by atoms with van der Waals surface area (Å²) >= 11 is -1.98. The molecule has 4 aromatic carbocycles. The van der Waals surface area contributed by atoms with E-state index in [-0.39, 0.29) is 5.75 Å². The maximum atomic E-state index is 10.4. The monoisotopic (exact) mass is 458 g/mol. The molecule has 0 radical (unpaired) electrons. The number of rotatable bonds is 3. The SMILES string of the molecule is Cc1ccc([O-])cc1.c1cc[c]([Sn+]([c]2ccccc2)[c]2ccccc2)cc1. The first-order valence-corrected chi connectivity index (χ1v) is 13.3. The van der Waals surface area contributed by atoms with Crippen LogP contribution in [0.5, 0.6) is 5.75 Å². The van der Waals surface area contributed by atoms with Gasteiger partial charge < -0.3 is 5.11 Å². The van der Waals surface area contributed by atoms with Crippen molar-refractivity contribution in [3.63, 3.8) is 0 Å². The summed E-state index contributed by atoms with van der Waals surface area (Å²) in [7, 11) is 0. The predicted molar refractivity (Wildman–Crippen MR) is 115 cm³/mol. The number of aryl methyl sites for hydroxylation is 1. The minimum absolute atomic E-state index is 0.0793. The summed E-state index contributed by atoms with van der Waals surface area (Å²) in [4.78, 5) is 0. The van der Waals surface area contributed by atoms with Crippen molar-refractivity contribution in [3.05, 3.63) is 121 Å². The van der Waals surface area contributed by atoms with Crippen LogP contribution in [0.25, 0.3) is 0 Å². The first kappa shape index (κ1) is 19.2. The average molecular weight is 457 g/mol. The van der Waals surface area contributed by atoms with Gasteiger partial charge in [-0.15, -0.1) is 5.75 Å². The fourth-order valence-electron chi connectivity index (χ4n) is 2.85. The van der Waals surface area contributed by atoms with E-state index < -0.39 is 19.8 Å². The quantitative estimate of drug-likeness (QED) is 0.434. The molecule has 4 aromatic rings. The second kappa shape index (κ2) is 9.98. The van der Waals surface area contributed by atoms with E-state index in [0.29, 0.717) is 0 Å². The molecule has 2 heteroatoms. The maximum absolute atomic E-state index is 10.4. The summed E-state index contributed by atoms with van der Waals surface area (Å²) in [6.07, 6.45) is 0. The van der Waals surface area contributed by atoms with Gasteiger partial charge in [0.1, 0.15) is 0 Å². The molecule has 0 spiro atoms. The molecule has 0 aliphatic carbocycles. The average Bonchev–Trinajstić information content (AvgIpc) is 2.73. The first-order chi connectivity index (χ1) is 13.2. The molecular weight excluding hydrogens is 435 g/mol. The normalized spacial score (nSPS) is 9.81. The van der Waals surface area contributed by atoms with Crippen molar-refractivity contribution in [1.82, 2.24) is 0 Å². The summed E-state index contributed by atoms with van der Waals surface area (Å²) in [6.45, 7) is 1.96. The minimum atomic E-state index is -1.98. The zero-order valence-corrected chi connectivity index (χ0v) is 18.2. The van der Waals surface area contributed by atoms with Crippen LogP contribution in [0.4, 0.5) is 0 Å². The van der Waals surface area contributed by atoms with Crippen molar-refractivity contribution in [1.29, 1.82) is 0 Å². The van der Waals surface area contributed by atoms with Gasteiger partial charge in [-0.05, 0) is 6.92 Å². The Balaban J connectivity index is 0.000000221. The second-order valence-corrected chi connectivity index (χ2v) is 13.4. The molecule has 0 bridgehead atoms. The molecule has 0 aliphatic rings. The summed E-state index contributed by atoms with van der Waals surface area (Å²) in [6, 6.07) is 39.7. The van der Waals surface area contributed by atoms with E-state index >= 15 is 0 Å². The topological polar surface area (TPSA) is 23.1 Å². The Morgan fingerprint density at radius 3 is 1.11 bits per heavy atom. The van der Waals surface area contributed by atoms with Crippen LogP contribution in [0.2, 0.25) is 0 Å². The molecule has 0 aliphatic heterocycles. The van der Waals surface area contributed by atoms with Crippen molar-refractivity contribution in [2.45, 2.75) is 6.92 Å². The zero-order valence-electron chi connectivity index (χ0n) is 15.4. The summed E-state index contributed by atoms with van der Waals surface area (Å²) in [5, 5.41) is 10.4. The van der Waals surface area contributed by atoms with Crippen molar-refractivity contribution in [2.24, 2.45) is 0 Å². The Labute approximate surface area is 168 Å². The van der Waals surface area contributed by atoms with Crippen molar-refractivity contribution in [3.8, 4) is 5.75 Å². The van der Waals surface area contributed by atoms with Crippen LogP contribution in [0.1, 0.15) is 5.56 Å². The van der Waals surface area contributed by atoms with Gasteiger partial charge in [-0.25, -0.2) is 0 Å². The molecule has 132 valence electrons. The van der Waals surface area contributed by atoms with E-state index in [4.69, 9.17) is 0 Å². The van der Waals surface area contributed by atoms with Gasteiger partial charge in [0.15, 0.2) is 0 Å². The van der Waals surface area contributed by atoms with Crippen LogP contribution in [0.15, 0.2) is 115 Å². The van der Waals surface area contributed by atoms with E-state index in [0.717, 1.165) is 5.56 Å². The summed E-state index contributed by atoms with van der Waals surface area (Å²) < 4.78 is 4.59. The van der Waals surface area contributed by atoms with Gasteiger partial charge in [-0.2, -0.15) is 0 Å². The molecule has 1 nitrogen and oxygen atoms in total. The number of benzene rings is 4. The van der Waals surface area contributed by atoms with Crippen LogP contribution in [-0.4, -0.2) is 19.8 Å². The Bertz CT molecular complexity index is 805. The fraction of sp³-hybridized carbons (Fsp3) is 0.0400. The van der Waals surface area contributed by atoms with E-state index in [9.17, 15) is 5.11 Å². The molecule has 0 unspecified atom stereocenters. The molecule has 0 heterocycles. The summed E-state index contributed by atoms with van der Waals surface area (Å²) in [5.41, 5.74) is 1.13.